The maximum atomic E-state index is 11.0. The summed E-state index contributed by atoms with van der Waals surface area (Å²) in [5.74, 6) is 0.333. The van der Waals surface area contributed by atoms with Gasteiger partial charge in [0.15, 0.2) is 5.43 Å². The maximum Gasteiger partial charge on any atom is 0.200 e. The maximum absolute atomic E-state index is 11.0. The summed E-state index contributed by atoms with van der Waals surface area (Å²) in [6.07, 6.45) is 1.53. The molecule has 0 amide bonds. The van der Waals surface area contributed by atoms with Gasteiger partial charge in [0.1, 0.15) is 5.02 Å². The fraction of sp³-hybridized carbons (Fsp3) is 0.375. The molecule has 1 heterocycles. The van der Waals surface area contributed by atoms with Crippen molar-refractivity contribution in [3.63, 3.8) is 0 Å². The van der Waals surface area contributed by atoms with Gasteiger partial charge >= 0.3 is 0 Å². The molecule has 0 aliphatic rings. The van der Waals surface area contributed by atoms with Crippen molar-refractivity contribution < 1.29 is 0 Å². The lowest BCUT2D eigenvalue weighted by Gasteiger charge is -2.03. The van der Waals surface area contributed by atoms with E-state index in [1.165, 1.54) is 12.3 Å². The van der Waals surface area contributed by atoms with Crippen molar-refractivity contribution >= 4 is 11.6 Å². The largest absolute Gasteiger partial charge is 0.363 e. The number of rotatable bonds is 1. The van der Waals surface area contributed by atoms with Gasteiger partial charge in [-0.15, -0.1) is 0 Å². The van der Waals surface area contributed by atoms with Gasteiger partial charge in [-0.25, -0.2) is 0 Å². The Bertz CT molecular complexity index is 303. The number of pyridine rings is 1. The molecule has 0 saturated heterocycles. The summed E-state index contributed by atoms with van der Waals surface area (Å²) in [5, 5.41) is 0.245. The second-order valence-corrected chi connectivity index (χ2v) is 3.16. The fourth-order valence-corrected chi connectivity index (χ4v) is 0.912. The van der Waals surface area contributed by atoms with E-state index in [0.717, 1.165) is 5.69 Å². The molecule has 11 heavy (non-hydrogen) atoms. The fourth-order valence-electron chi connectivity index (χ4n) is 0.803. The minimum atomic E-state index is -0.117. The van der Waals surface area contributed by atoms with Gasteiger partial charge in [-0.05, 0) is 5.92 Å². The second kappa shape index (κ2) is 3.09. The lowest BCUT2D eigenvalue weighted by atomic mass is 10.1. The summed E-state index contributed by atoms with van der Waals surface area (Å²) in [6.45, 7) is 4.03. The highest BCUT2D eigenvalue weighted by Crippen LogP contribution is 2.09. The molecule has 0 aliphatic carbocycles. The van der Waals surface area contributed by atoms with Gasteiger partial charge in [-0.3, -0.25) is 4.79 Å². The molecular weight excluding hydrogens is 162 g/mol. The normalized spacial score (nSPS) is 10.5. The molecule has 0 unspecified atom stereocenters. The number of H-pyrrole nitrogens is 1. The van der Waals surface area contributed by atoms with Crippen molar-refractivity contribution in [1.82, 2.24) is 4.98 Å². The number of halogens is 1. The predicted molar refractivity (Wildman–Crippen MR) is 46.2 cm³/mol. The van der Waals surface area contributed by atoms with E-state index in [9.17, 15) is 4.79 Å². The third-order valence-electron chi connectivity index (χ3n) is 1.51. The molecule has 0 spiro atoms. The Hall–Kier alpha value is -0.760. The highest BCUT2D eigenvalue weighted by Gasteiger charge is 2.01. The molecular formula is C8H10ClNO. The number of aromatic nitrogens is 1. The van der Waals surface area contributed by atoms with Crippen LogP contribution in [0.3, 0.4) is 0 Å². The van der Waals surface area contributed by atoms with Crippen molar-refractivity contribution in [3.05, 3.63) is 33.2 Å². The van der Waals surface area contributed by atoms with E-state index < -0.39 is 0 Å². The van der Waals surface area contributed by atoms with Crippen LogP contribution in [0.5, 0.6) is 0 Å². The summed E-state index contributed by atoms with van der Waals surface area (Å²) < 4.78 is 0. The van der Waals surface area contributed by atoms with Gasteiger partial charge in [0, 0.05) is 18.0 Å². The monoisotopic (exact) mass is 171 g/mol. The van der Waals surface area contributed by atoms with Crippen LogP contribution in [0.2, 0.25) is 5.02 Å². The topological polar surface area (TPSA) is 32.9 Å². The van der Waals surface area contributed by atoms with Crippen LogP contribution in [0.15, 0.2) is 17.1 Å². The first-order valence-electron chi connectivity index (χ1n) is 3.49. The lowest BCUT2D eigenvalue weighted by Crippen LogP contribution is -2.04. The minimum absolute atomic E-state index is 0.117. The Morgan fingerprint density at radius 1 is 1.55 bits per heavy atom. The second-order valence-electron chi connectivity index (χ2n) is 2.76. The standard InChI is InChI=1S/C8H10ClNO/c1-5(2)7-3-8(11)6(9)4-10-7/h3-5H,1-2H3,(H,10,11). The van der Waals surface area contributed by atoms with Crippen molar-refractivity contribution in [2.24, 2.45) is 0 Å². The third-order valence-corrected chi connectivity index (χ3v) is 1.80. The SMILES string of the molecule is CC(C)c1cc(=O)c(Cl)c[nH]1. The molecule has 1 aromatic rings. The zero-order chi connectivity index (χ0) is 8.43. The highest BCUT2D eigenvalue weighted by molar-refractivity contribution is 6.30. The van der Waals surface area contributed by atoms with Crippen molar-refractivity contribution in [3.8, 4) is 0 Å². The molecule has 0 bridgehead atoms. The van der Waals surface area contributed by atoms with Gasteiger partial charge in [0.05, 0.1) is 0 Å². The molecule has 1 aromatic heterocycles. The van der Waals surface area contributed by atoms with Crippen molar-refractivity contribution in [1.29, 1.82) is 0 Å². The molecule has 0 fully saturated rings. The molecule has 60 valence electrons. The van der Waals surface area contributed by atoms with Crippen LogP contribution in [-0.2, 0) is 0 Å². The number of hydrogen-bond donors (Lipinski definition) is 1. The lowest BCUT2D eigenvalue weighted by molar-refractivity contribution is 0.821. The quantitative estimate of drug-likeness (QED) is 0.690. The van der Waals surface area contributed by atoms with E-state index in [2.05, 4.69) is 4.98 Å². The van der Waals surface area contributed by atoms with Crippen LogP contribution < -0.4 is 5.43 Å². The Labute approximate surface area is 70.2 Å². The van der Waals surface area contributed by atoms with Crippen LogP contribution >= 0.6 is 11.6 Å². The van der Waals surface area contributed by atoms with E-state index in [-0.39, 0.29) is 10.5 Å². The average Bonchev–Trinajstić information content (AvgIpc) is 1.94. The summed E-state index contributed by atoms with van der Waals surface area (Å²) >= 11 is 5.54. The van der Waals surface area contributed by atoms with Crippen LogP contribution in [0.25, 0.3) is 0 Å². The van der Waals surface area contributed by atoms with Gasteiger partial charge in [-0.1, -0.05) is 25.4 Å². The predicted octanol–water partition coefficient (Wildman–Crippen LogP) is 2.15. The highest BCUT2D eigenvalue weighted by atomic mass is 35.5. The summed E-state index contributed by atoms with van der Waals surface area (Å²) in [6, 6.07) is 1.53. The number of hydrogen-bond acceptors (Lipinski definition) is 1. The Morgan fingerprint density at radius 2 is 2.18 bits per heavy atom. The molecule has 1 N–H and O–H groups in total. The summed E-state index contributed by atoms with van der Waals surface area (Å²) in [7, 11) is 0. The zero-order valence-electron chi connectivity index (χ0n) is 6.52. The smallest absolute Gasteiger partial charge is 0.200 e. The average molecular weight is 172 g/mol. The molecule has 0 radical (unpaired) electrons. The first-order chi connectivity index (χ1) is 5.11. The van der Waals surface area contributed by atoms with Gasteiger partial charge in [0.2, 0.25) is 0 Å². The Morgan fingerprint density at radius 3 is 2.64 bits per heavy atom. The van der Waals surface area contributed by atoms with Gasteiger partial charge < -0.3 is 4.98 Å². The minimum Gasteiger partial charge on any atom is -0.363 e. The molecule has 0 aromatic carbocycles. The van der Waals surface area contributed by atoms with Crippen LogP contribution in [0.4, 0.5) is 0 Å². The summed E-state index contributed by atoms with van der Waals surface area (Å²) in [4.78, 5) is 13.9. The zero-order valence-corrected chi connectivity index (χ0v) is 7.27. The summed E-state index contributed by atoms with van der Waals surface area (Å²) in [5.41, 5.74) is 0.800. The molecule has 0 saturated carbocycles. The van der Waals surface area contributed by atoms with E-state index >= 15 is 0 Å². The number of aromatic amines is 1. The van der Waals surface area contributed by atoms with E-state index in [4.69, 9.17) is 11.6 Å². The van der Waals surface area contributed by atoms with Gasteiger partial charge in [0.25, 0.3) is 0 Å². The molecule has 0 aliphatic heterocycles. The first-order valence-corrected chi connectivity index (χ1v) is 3.87. The van der Waals surface area contributed by atoms with Crippen LogP contribution in [0.1, 0.15) is 25.5 Å². The van der Waals surface area contributed by atoms with Crippen LogP contribution in [-0.4, -0.2) is 4.98 Å². The van der Waals surface area contributed by atoms with E-state index in [0.29, 0.717) is 5.92 Å². The Balaban J connectivity index is 3.16. The molecule has 1 rings (SSSR count). The molecule has 0 atom stereocenters. The van der Waals surface area contributed by atoms with Gasteiger partial charge in [-0.2, -0.15) is 0 Å². The molecule has 3 heteroatoms. The van der Waals surface area contributed by atoms with E-state index in [1.807, 2.05) is 13.8 Å². The first kappa shape index (κ1) is 8.34. The third kappa shape index (κ3) is 1.84. The van der Waals surface area contributed by atoms with Crippen molar-refractivity contribution in [2.45, 2.75) is 19.8 Å². The van der Waals surface area contributed by atoms with Crippen molar-refractivity contribution in [2.75, 3.05) is 0 Å². The van der Waals surface area contributed by atoms with E-state index in [1.54, 1.807) is 0 Å². The van der Waals surface area contributed by atoms with Crippen LogP contribution in [0, 0.1) is 0 Å². The molecule has 2 nitrogen and oxygen atoms in total. The number of nitrogens with one attached hydrogen (secondary N) is 1. The Kier molecular flexibility index (Phi) is 2.35.